The van der Waals surface area contributed by atoms with Gasteiger partial charge in [0.15, 0.2) is 5.65 Å². The van der Waals surface area contributed by atoms with Gasteiger partial charge in [-0.2, -0.15) is 5.10 Å². The molecule has 0 aliphatic rings. The molecule has 74 valence electrons. The number of imidazole rings is 1. The van der Waals surface area contributed by atoms with Crippen LogP contribution < -0.4 is 5.73 Å². The van der Waals surface area contributed by atoms with Crippen LogP contribution in [0.5, 0.6) is 0 Å². The summed E-state index contributed by atoms with van der Waals surface area (Å²) in [6.07, 6.45) is 0.915. The van der Waals surface area contributed by atoms with Crippen LogP contribution >= 0.6 is 15.9 Å². The highest BCUT2D eigenvalue weighted by molar-refractivity contribution is 9.10. The van der Waals surface area contributed by atoms with Crippen molar-refractivity contribution in [3.8, 4) is 0 Å². The van der Waals surface area contributed by atoms with Crippen molar-refractivity contribution in [3.63, 3.8) is 0 Å². The molecule has 14 heavy (non-hydrogen) atoms. The molecule has 0 saturated carbocycles. The molecule has 2 heterocycles. The molecule has 0 bridgehead atoms. The summed E-state index contributed by atoms with van der Waals surface area (Å²) in [5.41, 5.74) is 8.26. The lowest BCUT2D eigenvalue weighted by Gasteiger charge is -1.97. The highest BCUT2D eigenvalue weighted by Crippen LogP contribution is 2.17. The van der Waals surface area contributed by atoms with E-state index in [-0.39, 0.29) is 0 Å². The van der Waals surface area contributed by atoms with Crippen LogP contribution in [0.4, 0.5) is 0 Å². The molecular formula is C9H11BrN4. The number of hydrogen-bond donors (Lipinski definition) is 1. The fourth-order valence-corrected chi connectivity index (χ4v) is 1.82. The molecule has 0 radical (unpaired) electrons. The van der Waals surface area contributed by atoms with Crippen molar-refractivity contribution in [2.75, 3.05) is 0 Å². The van der Waals surface area contributed by atoms with Crippen LogP contribution in [0.25, 0.3) is 5.65 Å². The molecule has 0 spiro atoms. The van der Waals surface area contributed by atoms with Gasteiger partial charge in [-0.1, -0.05) is 6.92 Å². The molecule has 0 amide bonds. The zero-order valence-corrected chi connectivity index (χ0v) is 9.45. The maximum atomic E-state index is 5.55. The minimum Gasteiger partial charge on any atom is -0.325 e. The summed E-state index contributed by atoms with van der Waals surface area (Å²) in [4.78, 5) is 4.33. The van der Waals surface area contributed by atoms with E-state index in [1.165, 1.54) is 0 Å². The molecule has 0 atom stereocenters. The van der Waals surface area contributed by atoms with E-state index in [4.69, 9.17) is 5.73 Å². The average molecular weight is 255 g/mol. The van der Waals surface area contributed by atoms with E-state index in [1.54, 1.807) is 4.52 Å². The number of rotatable bonds is 2. The second-order valence-corrected chi connectivity index (χ2v) is 3.75. The third kappa shape index (κ3) is 1.42. The Labute approximate surface area is 90.3 Å². The van der Waals surface area contributed by atoms with Gasteiger partial charge in [0.1, 0.15) is 4.60 Å². The molecule has 2 aromatic heterocycles. The van der Waals surface area contributed by atoms with E-state index >= 15 is 0 Å². The standard InChI is InChI=1S/C9H11BrN4/c1-2-6-3-4-8-12-7(5-11)9(10)14(8)13-6/h3-4H,2,5,11H2,1H3. The molecule has 0 aliphatic heterocycles. The van der Waals surface area contributed by atoms with Gasteiger partial charge >= 0.3 is 0 Å². The molecule has 0 fully saturated rings. The molecule has 4 nitrogen and oxygen atoms in total. The second kappa shape index (κ2) is 3.67. The molecule has 2 N–H and O–H groups in total. The Morgan fingerprint density at radius 1 is 1.50 bits per heavy atom. The summed E-state index contributed by atoms with van der Waals surface area (Å²) in [5.74, 6) is 0. The van der Waals surface area contributed by atoms with Crippen LogP contribution in [0, 0.1) is 0 Å². The third-order valence-corrected chi connectivity index (χ3v) is 2.89. The number of nitrogens with two attached hydrogens (primary N) is 1. The van der Waals surface area contributed by atoms with E-state index in [0.717, 1.165) is 28.1 Å². The molecule has 0 aromatic carbocycles. The van der Waals surface area contributed by atoms with Crippen LogP contribution in [0.15, 0.2) is 16.7 Å². The Morgan fingerprint density at radius 2 is 2.29 bits per heavy atom. The van der Waals surface area contributed by atoms with E-state index in [9.17, 15) is 0 Å². The third-order valence-electron chi connectivity index (χ3n) is 2.10. The normalized spacial score (nSPS) is 11.1. The predicted octanol–water partition coefficient (Wildman–Crippen LogP) is 1.51. The Bertz CT molecular complexity index is 463. The van der Waals surface area contributed by atoms with Crippen molar-refractivity contribution in [3.05, 3.63) is 28.1 Å². The number of nitrogens with zero attached hydrogens (tertiary/aromatic N) is 3. The smallest absolute Gasteiger partial charge is 0.155 e. The van der Waals surface area contributed by atoms with Crippen molar-refractivity contribution >= 4 is 21.6 Å². The monoisotopic (exact) mass is 254 g/mol. The summed E-state index contributed by atoms with van der Waals surface area (Å²) in [7, 11) is 0. The molecule has 0 unspecified atom stereocenters. The van der Waals surface area contributed by atoms with Gasteiger partial charge in [-0.3, -0.25) is 0 Å². The van der Waals surface area contributed by atoms with Crippen molar-refractivity contribution in [1.82, 2.24) is 14.6 Å². The largest absolute Gasteiger partial charge is 0.325 e. The van der Waals surface area contributed by atoms with Gasteiger partial charge in [0.25, 0.3) is 0 Å². The Hall–Kier alpha value is -0.940. The SMILES string of the molecule is CCc1ccc2nc(CN)c(Br)n2n1. The van der Waals surface area contributed by atoms with Crippen molar-refractivity contribution in [2.45, 2.75) is 19.9 Å². The van der Waals surface area contributed by atoms with Crippen LogP contribution in [-0.4, -0.2) is 14.6 Å². The van der Waals surface area contributed by atoms with E-state index < -0.39 is 0 Å². The fraction of sp³-hybridized carbons (Fsp3) is 0.333. The molecule has 2 rings (SSSR count). The average Bonchev–Trinajstić information content (AvgIpc) is 2.55. The van der Waals surface area contributed by atoms with E-state index in [0.29, 0.717) is 6.54 Å². The zero-order valence-electron chi connectivity index (χ0n) is 7.87. The van der Waals surface area contributed by atoms with E-state index in [1.807, 2.05) is 12.1 Å². The lowest BCUT2D eigenvalue weighted by molar-refractivity contribution is 0.843. The fourth-order valence-electron chi connectivity index (χ4n) is 1.31. The van der Waals surface area contributed by atoms with Crippen LogP contribution in [0.3, 0.4) is 0 Å². The minimum absolute atomic E-state index is 0.422. The lowest BCUT2D eigenvalue weighted by Crippen LogP contribution is -1.98. The minimum atomic E-state index is 0.422. The predicted molar refractivity (Wildman–Crippen MR) is 58.0 cm³/mol. The summed E-state index contributed by atoms with van der Waals surface area (Å²) in [6, 6.07) is 3.94. The van der Waals surface area contributed by atoms with Gasteiger partial charge in [0.2, 0.25) is 0 Å². The summed E-state index contributed by atoms with van der Waals surface area (Å²) in [6.45, 7) is 2.49. The van der Waals surface area contributed by atoms with Crippen LogP contribution in [0.1, 0.15) is 18.3 Å². The molecule has 0 saturated heterocycles. The zero-order chi connectivity index (χ0) is 10.1. The van der Waals surface area contributed by atoms with Gasteiger partial charge in [0.05, 0.1) is 11.4 Å². The Balaban J connectivity index is 2.68. The first kappa shape index (κ1) is 9.61. The first-order chi connectivity index (χ1) is 6.76. The van der Waals surface area contributed by atoms with Crippen molar-refractivity contribution < 1.29 is 0 Å². The highest BCUT2D eigenvalue weighted by Gasteiger charge is 2.08. The first-order valence-corrected chi connectivity index (χ1v) is 5.28. The van der Waals surface area contributed by atoms with Gasteiger partial charge in [-0.05, 0) is 34.5 Å². The lowest BCUT2D eigenvalue weighted by atomic mass is 10.3. The summed E-state index contributed by atoms with van der Waals surface area (Å²) in [5, 5.41) is 4.41. The quantitative estimate of drug-likeness (QED) is 0.884. The van der Waals surface area contributed by atoms with Crippen LogP contribution in [-0.2, 0) is 13.0 Å². The van der Waals surface area contributed by atoms with Gasteiger partial charge in [0, 0.05) is 6.54 Å². The molecule has 2 aromatic rings. The first-order valence-electron chi connectivity index (χ1n) is 4.49. The summed E-state index contributed by atoms with van der Waals surface area (Å²) < 4.78 is 2.63. The number of halogens is 1. The maximum Gasteiger partial charge on any atom is 0.155 e. The number of aromatic nitrogens is 3. The highest BCUT2D eigenvalue weighted by atomic mass is 79.9. The van der Waals surface area contributed by atoms with Gasteiger partial charge < -0.3 is 5.73 Å². The van der Waals surface area contributed by atoms with Gasteiger partial charge in [-0.25, -0.2) is 9.50 Å². The maximum absolute atomic E-state index is 5.55. The summed E-state index contributed by atoms with van der Waals surface area (Å²) >= 11 is 3.43. The topological polar surface area (TPSA) is 56.2 Å². The number of fused-ring (bicyclic) bond motifs is 1. The second-order valence-electron chi connectivity index (χ2n) is 3.00. The molecule has 0 aliphatic carbocycles. The number of hydrogen-bond acceptors (Lipinski definition) is 3. The van der Waals surface area contributed by atoms with Crippen molar-refractivity contribution in [2.24, 2.45) is 5.73 Å². The van der Waals surface area contributed by atoms with Gasteiger partial charge in [-0.15, -0.1) is 0 Å². The van der Waals surface area contributed by atoms with Crippen molar-refractivity contribution in [1.29, 1.82) is 0 Å². The molecule has 5 heteroatoms. The Kier molecular flexibility index (Phi) is 2.52. The van der Waals surface area contributed by atoms with Crippen LogP contribution in [0.2, 0.25) is 0 Å². The Morgan fingerprint density at radius 3 is 2.93 bits per heavy atom. The number of aryl methyl sites for hydroxylation is 1. The van der Waals surface area contributed by atoms with E-state index in [2.05, 4.69) is 32.9 Å². The molecular weight excluding hydrogens is 244 g/mol.